The number of hydrogen-bond acceptors (Lipinski definition) is 4. The molecular weight excluding hydrogens is 414 g/mol. The van der Waals surface area contributed by atoms with Crippen LogP contribution in [0.2, 0.25) is 0 Å². The summed E-state index contributed by atoms with van der Waals surface area (Å²) in [6.45, 7) is 7.66. The Balaban J connectivity index is 1.39. The van der Waals surface area contributed by atoms with Crippen molar-refractivity contribution >= 4 is 11.8 Å². The van der Waals surface area contributed by atoms with E-state index in [9.17, 15) is 9.59 Å². The Morgan fingerprint density at radius 2 is 1.64 bits per heavy atom. The fraction of sp³-hybridized carbons (Fsp3) is 0.296. The van der Waals surface area contributed by atoms with E-state index in [1.165, 1.54) is 5.56 Å². The van der Waals surface area contributed by atoms with Crippen LogP contribution in [0.25, 0.3) is 0 Å². The molecule has 0 saturated heterocycles. The molecule has 33 heavy (non-hydrogen) atoms. The van der Waals surface area contributed by atoms with Crippen molar-refractivity contribution in [1.29, 1.82) is 0 Å². The zero-order chi connectivity index (χ0) is 23.7. The van der Waals surface area contributed by atoms with Gasteiger partial charge in [0.05, 0.1) is 0 Å². The first-order valence-corrected chi connectivity index (χ1v) is 11.1. The maximum Gasteiger partial charge on any atom is 0.251 e. The second-order valence-electron chi connectivity index (χ2n) is 8.90. The summed E-state index contributed by atoms with van der Waals surface area (Å²) < 4.78 is 5.86. The molecule has 6 nitrogen and oxygen atoms in total. The lowest BCUT2D eigenvalue weighted by Gasteiger charge is -2.19. The quantitative estimate of drug-likeness (QED) is 0.512. The Labute approximate surface area is 195 Å². The zero-order valence-electron chi connectivity index (χ0n) is 19.4. The molecule has 0 bridgehead atoms. The molecule has 1 heterocycles. The van der Waals surface area contributed by atoms with Gasteiger partial charge in [0.2, 0.25) is 5.91 Å². The molecule has 0 saturated carbocycles. The van der Waals surface area contributed by atoms with Crippen LogP contribution in [0.4, 0.5) is 0 Å². The molecule has 0 radical (unpaired) electrons. The van der Waals surface area contributed by atoms with Gasteiger partial charge in [-0.05, 0) is 52.4 Å². The van der Waals surface area contributed by atoms with Crippen molar-refractivity contribution in [2.75, 3.05) is 6.54 Å². The van der Waals surface area contributed by atoms with Gasteiger partial charge in [-0.15, -0.1) is 0 Å². The Hall–Kier alpha value is -3.67. The van der Waals surface area contributed by atoms with Gasteiger partial charge in [-0.2, -0.15) is 0 Å². The molecule has 6 heteroatoms. The van der Waals surface area contributed by atoms with Gasteiger partial charge in [0.1, 0.15) is 12.4 Å². The number of aromatic nitrogens is 1. The van der Waals surface area contributed by atoms with Crippen molar-refractivity contribution in [2.45, 2.75) is 45.8 Å². The molecule has 3 aromatic rings. The van der Waals surface area contributed by atoms with Crippen molar-refractivity contribution in [3.63, 3.8) is 0 Å². The topological polar surface area (TPSA) is 80.3 Å². The SMILES string of the molecule is CC(C)(C)c1ccc(OCc2ccc(C(=O)NCCC(=O)NCc3cccnc3)cc2)cc1. The third-order valence-corrected chi connectivity index (χ3v) is 5.19. The highest BCUT2D eigenvalue weighted by atomic mass is 16.5. The fourth-order valence-electron chi connectivity index (χ4n) is 3.15. The summed E-state index contributed by atoms with van der Waals surface area (Å²) in [5.74, 6) is 0.481. The van der Waals surface area contributed by atoms with Crippen molar-refractivity contribution < 1.29 is 14.3 Å². The summed E-state index contributed by atoms with van der Waals surface area (Å²) in [6, 6.07) is 19.1. The molecule has 0 aliphatic carbocycles. The van der Waals surface area contributed by atoms with Gasteiger partial charge >= 0.3 is 0 Å². The van der Waals surface area contributed by atoms with E-state index in [4.69, 9.17) is 4.74 Å². The minimum atomic E-state index is -0.208. The summed E-state index contributed by atoms with van der Waals surface area (Å²) in [4.78, 5) is 28.3. The highest BCUT2D eigenvalue weighted by molar-refractivity contribution is 5.94. The van der Waals surface area contributed by atoms with Crippen LogP contribution in [-0.2, 0) is 23.4 Å². The van der Waals surface area contributed by atoms with Gasteiger partial charge in [-0.1, -0.05) is 51.1 Å². The Kier molecular flexibility index (Phi) is 8.19. The van der Waals surface area contributed by atoms with Crippen LogP contribution < -0.4 is 15.4 Å². The van der Waals surface area contributed by atoms with Crippen LogP contribution in [0.1, 0.15) is 54.2 Å². The summed E-state index contributed by atoms with van der Waals surface area (Å²) >= 11 is 0. The predicted molar refractivity (Wildman–Crippen MR) is 129 cm³/mol. The number of pyridine rings is 1. The summed E-state index contributed by atoms with van der Waals surface area (Å²) in [5.41, 5.74) is 3.82. The number of amides is 2. The summed E-state index contributed by atoms with van der Waals surface area (Å²) in [6.07, 6.45) is 3.61. The van der Waals surface area contributed by atoms with Crippen LogP contribution >= 0.6 is 0 Å². The Bertz CT molecular complexity index is 1040. The fourth-order valence-corrected chi connectivity index (χ4v) is 3.15. The van der Waals surface area contributed by atoms with Gasteiger partial charge in [0, 0.05) is 37.5 Å². The van der Waals surface area contributed by atoms with Gasteiger partial charge in [-0.25, -0.2) is 0 Å². The molecule has 2 aromatic carbocycles. The maximum absolute atomic E-state index is 12.3. The second kappa shape index (κ2) is 11.3. The van der Waals surface area contributed by atoms with Crippen molar-refractivity contribution in [2.24, 2.45) is 0 Å². The lowest BCUT2D eigenvalue weighted by molar-refractivity contribution is -0.121. The van der Waals surface area contributed by atoms with E-state index in [-0.39, 0.29) is 30.2 Å². The molecule has 0 atom stereocenters. The minimum absolute atomic E-state index is 0.110. The lowest BCUT2D eigenvalue weighted by Crippen LogP contribution is -2.30. The maximum atomic E-state index is 12.3. The second-order valence-corrected chi connectivity index (χ2v) is 8.90. The molecule has 0 fully saturated rings. The van der Waals surface area contributed by atoms with E-state index in [2.05, 4.69) is 48.5 Å². The Morgan fingerprint density at radius 1 is 0.909 bits per heavy atom. The number of nitrogens with zero attached hydrogens (tertiary/aromatic N) is 1. The first kappa shape index (κ1) is 24.0. The molecule has 0 unspecified atom stereocenters. The molecule has 2 amide bonds. The third-order valence-electron chi connectivity index (χ3n) is 5.19. The number of carbonyl (C=O) groups is 2. The number of ether oxygens (including phenoxy) is 1. The normalized spacial score (nSPS) is 11.0. The third kappa shape index (κ3) is 7.75. The first-order chi connectivity index (χ1) is 15.8. The van der Waals surface area contributed by atoms with E-state index in [1.54, 1.807) is 24.5 Å². The average Bonchev–Trinajstić information content (AvgIpc) is 2.82. The number of benzene rings is 2. The molecule has 0 spiro atoms. The van der Waals surface area contributed by atoms with Crippen LogP contribution in [0.3, 0.4) is 0 Å². The average molecular weight is 446 g/mol. The standard InChI is InChI=1S/C27H31N3O3/c1-27(2,3)23-10-12-24(13-11-23)33-19-20-6-8-22(9-7-20)26(32)29-16-14-25(31)30-18-21-5-4-15-28-17-21/h4-13,15,17H,14,16,18-19H2,1-3H3,(H,29,32)(H,30,31). The number of nitrogens with one attached hydrogen (secondary N) is 2. The van der Waals surface area contributed by atoms with Crippen LogP contribution in [0, 0.1) is 0 Å². The summed E-state index contributed by atoms with van der Waals surface area (Å²) in [7, 11) is 0. The largest absolute Gasteiger partial charge is 0.489 e. The van der Waals surface area contributed by atoms with Gasteiger partial charge < -0.3 is 15.4 Å². The Morgan fingerprint density at radius 3 is 2.27 bits per heavy atom. The minimum Gasteiger partial charge on any atom is -0.489 e. The monoisotopic (exact) mass is 445 g/mol. The molecular formula is C27H31N3O3. The first-order valence-electron chi connectivity index (χ1n) is 11.1. The molecule has 172 valence electrons. The van der Waals surface area contributed by atoms with Gasteiger partial charge in [0.25, 0.3) is 5.91 Å². The number of carbonyl (C=O) groups excluding carboxylic acids is 2. The molecule has 1 aromatic heterocycles. The van der Waals surface area contributed by atoms with E-state index < -0.39 is 0 Å². The van der Waals surface area contributed by atoms with E-state index in [0.29, 0.717) is 18.7 Å². The van der Waals surface area contributed by atoms with Gasteiger partial charge in [0.15, 0.2) is 0 Å². The zero-order valence-corrected chi connectivity index (χ0v) is 19.4. The molecule has 2 N–H and O–H groups in total. The highest BCUT2D eigenvalue weighted by Gasteiger charge is 2.13. The molecule has 0 aliphatic rings. The van der Waals surface area contributed by atoms with Crippen LogP contribution in [-0.4, -0.2) is 23.3 Å². The summed E-state index contributed by atoms with van der Waals surface area (Å²) in [5, 5.41) is 5.59. The van der Waals surface area contributed by atoms with E-state index in [1.807, 2.05) is 36.4 Å². The van der Waals surface area contributed by atoms with Gasteiger partial charge in [-0.3, -0.25) is 14.6 Å². The van der Waals surface area contributed by atoms with Crippen molar-refractivity contribution in [1.82, 2.24) is 15.6 Å². The lowest BCUT2D eigenvalue weighted by atomic mass is 9.87. The molecule has 3 rings (SSSR count). The number of rotatable bonds is 9. The van der Waals surface area contributed by atoms with Crippen molar-refractivity contribution in [3.8, 4) is 5.75 Å². The number of hydrogen-bond donors (Lipinski definition) is 2. The smallest absolute Gasteiger partial charge is 0.251 e. The van der Waals surface area contributed by atoms with Crippen LogP contribution in [0.5, 0.6) is 5.75 Å². The molecule has 0 aliphatic heterocycles. The predicted octanol–water partition coefficient (Wildman–Crippen LogP) is 4.39. The van der Waals surface area contributed by atoms with E-state index in [0.717, 1.165) is 16.9 Å². The van der Waals surface area contributed by atoms with E-state index >= 15 is 0 Å². The van der Waals surface area contributed by atoms with Crippen LogP contribution in [0.15, 0.2) is 73.1 Å². The van der Waals surface area contributed by atoms with Crippen molar-refractivity contribution in [3.05, 3.63) is 95.3 Å². The highest BCUT2D eigenvalue weighted by Crippen LogP contribution is 2.24.